The van der Waals surface area contributed by atoms with Crippen LogP contribution in [0.1, 0.15) is 24.0 Å². The van der Waals surface area contributed by atoms with Gasteiger partial charge in [0.15, 0.2) is 17.5 Å². The van der Waals surface area contributed by atoms with Gasteiger partial charge in [0, 0.05) is 31.3 Å². The van der Waals surface area contributed by atoms with Gasteiger partial charge in [-0.15, -0.1) is 0 Å². The zero-order chi connectivity index (χ0) is 20.8. The van der Waals surface area contributed by atoms with Crippen molar-refractivity contribution in [2.75, 3.05) is 45.2 Å². The molecule has 6 heteroatoms. The predicted molar refractivity (Wildman–Crippen MR) is 122 cm³/mol. The Morgan fingerprint density at radius 2 is 1.97 bits per heavy atom. The maximum atomic E-state index is 5.84. The molecule has 2 aliphatic heterocycles. The van der Waals surface area contributed by atoms with Gasteiger partial charge in [-0.25, -0.2) is 4.99 Å². The van der Waals surface area contributed by atoms with Gasteiger partial charge in [-0.1, -0.05) is 24.3 Å². The Bertz CT molecular complexity index is 883. The van der Waals surface area contributed by atoms with Crippen LogP contribution in [0, 0.1) is 12.8 Å². The van der Waals surface area contributed by atoms with Crippen molar-refractivity contribution in [2.45, 2.75) is 26.3 Å². The Kier molecular flexibility index (Phi) is 6.74. The first-order valence-electron chi connectivity index (χ1n) is 10.9. The second-order valence-electron chi connectivity index (χ2n) is 8.23. The highest BCUT2D eigenvalue weighted by Crippen LogP contribution is 2.32. The predicted octanol–water partition coefficient (Wildman–Crippen LogP) is 3.67. The molecule has 1 atom stereocenters. The minimum atomic E-state index is 0.636. The van der Waals surface area contributed by atoms with Gasteiger partial charge in [-0.3, -0.25) is 0 Å². The summed E-state index contributed by atoms with van der Waals surface area (Å²) in [5, 5.41) is 7.02. The maximum Gasteiger partial charge on any atom is 0.196 e. The summed E-state index contributed by atoms with van der Waals surface area (Å²) in [5.74, 6) is 3.03. The van der Waals surface area contributed by atoms with Crippen molar-refractivity contribution in [3.63, 3.8) is 0 Å². The first-order chi connectivity index (χ1) is 14.7. The molecular formula is C24H32N4O2. The molecule has 1 unspecified atom stereocenters. The molecule has 4 rings (SSSR count). The smallest absolute Gasteiger partial charge is 0.196 e. The Morgan fingerprint density at radius 3 is 2.77 bits per heavy atom. The Morgan fingerprint density at radius 1 is 1.13 bits per heavy atom. The molecule has 160 valence electrons. The number of hydrogen-bond acceptors (Lipinski definition) is 4. The van der Waals surface area contributed by atoms with E-state index in [1.165, 1.54) is 17.5 Å². The number of ether oxygens (including phenoxy) is 2. The number of hydrogen-bond donors (Lipinski definition) is 2. The molecule has 0 saturated carbocycles. The summed E-state index contributed by atoms with van der Waals surface area (Å²) in [6.45, 7) is 7.34. The van der Waals surface area contributed by atoms with Crippen molar-refractivity contribution in [1.29, 1.82) is 0 Å². The quantitative estimate of drug-likeness (QED) is 0.584. The molecule has 0 aliphatic carbocycles. The zero-order valence-corrected chi connectivity index (χ0v) is 18.0. The minimum Gasteiger partial charge on any atom is -0.490 e. The standard InChI is InChI=1S/C24H32N4O2/c1-18-6-3-4-7-20(18)16-26-24(25-15-19-10-11-28(2)17-19)27-21-8-9-22-23(14-21)30-13-5-12-29-22/h3-4,6-9,14,19H,5,10-13,15-17H2,1-2H3,(H2,25,26,27). The molecule has 2 aliphatic rings. The lowest BCUT2D eigenvalue weighted by molar-refractivity contribution is 0.297. The fraction of sp³-hybridized carbons (Fsp3) is 0.458. The lowest BCUT2D eigenvalue weighted by Gasteiger charge is -2.17. The topological polar surface area (TPSA) is 58.1 Å². The highest BCUT2D eigenvalue weighted by Gasteiger charge is 2.19. The Balaban J connectivity index is 1.48. The van der Waals surface area contributed by atoms with E-state index >= 15 is 0 Å². The molecule has 1 fully saturated rings. The molecule has 0 amide bonds. The van der Waals surface area contributed by atoms with E-state index in [4.69, 9.17) is 14.5 Å². The van der Waals surface area contributed by atoms with E-state index in [0.717, 1.165) is 49.2 Å². The molecular weight excluding hydrogens is 376 g/mol. The third kappa shape index (κ3) is 5.45. The van der Waals surface area contributed by atoms with Crippen LogP contribution >= 0.6 is 0 Å². The minimum absolute atomic E-state index is 0.636. The van der Waals surface area contributed by atoms with Crippen LogP contribution in [0.15, 0.2) is 47.5 Å². The lowest BCUT2D eigenvalue weighted by atomic mass is 10.1. The summed E-state index contributed by atoms with van der Waals surface area (Å²) in [5.41, 5.74) is 3.44. The van der Waals surface area contributed by atoms with Crippen LogP contribution in [-0.4, -0.2) is 50.8 Å². The van der Waals surface area contributed by atoms with E-state index in [1.54, 1.807) is 0 Å². The maximum absolute atomic E-state index is 5.84. The second-order valence-corrected chi connectivity index (χ2v) is 8.23. The number of fused-ring (bicyclic) bond motifs is 1. The van der Waals surface area contributed by atoms with Crippen molar-refractivity contribution < 1.29 is 9.47 Å². The van der Waals surface area contributed by atoms with Crippen LogP contribution < -0.4 is 20.1 Å². The van der Waals surface area contributed by atoms with Crippen molar-refractivity contribution >= 4 is 11.6 Å². The van der Waals surface area contributed by atoms with Crippen molar-refractivity contribution in [3.05, 3.63) is 53.6 Å². The monoisotopic (exact) mass is 408 g/mol. The summed E-state index contributed by atoms with van der Waals surface area (Å²) < 4.78 is 11.6. The summed E-state index contributed by atoms with van der Waals surface area (Å²) in [6.07, 6.45) is 2.12. The number of benzene rings is 2. The number of guanidine groups is 1. The third-order valence-corrected chi connectivity index (χ3v) is 5.73. The van der Waals surface area contributed by atoms with Gasteiger partial charge in [0.05, 0.1) is 19.8 Å². The number of anilines is 1. The molecule has 30 heavy (non-hydrogen) atoms. The number of aryl methyl sites for hydroxylation is 1. The van der Waals surface area contributed by atoms with Crippen molar-refractivity contribution in [3.8, 4) is 11.5 Å². The largest absolute Gasteiger partial charge is 0.490 e. The Labute approximate surface area is 179 Å². The summed E-state index contributed by atoms with van der Waals surface area (Å²) in [6, 6.07) is 14.4. The van der Waals surface area contributed by atoms with E-state index in [2.05, 4.69) is 53.8 Å². The molecule has 2 aromatic rings. The summed E-state index contributed by atoms with van der Waals surface area (Å²) in [7, 11) is 2.18. The average molecular weight is 409 g/mol. The van der Waals surface area contributed by atoms with Gasteiger partial charge in [0.25, 0.3) is 0 Å². The van der Waals surface area contributed by atoms with Crippen LogP contribution in [-0.2, 0) is 6.54 Å². The van der Waals surface area contributed by atoms with Gasteiger partial charge in [0.1, 0.15) is 0 Å². The van der Waals surface area contributed by atoms with Gasteiger partial charge in [0.2, 0.25) is 0 Å². The van der Waals surface area contributed by atoms with E-state index in [1.807, 2.05) is 18.2 Å². The Hall–Kier alpha value is -2.73. The SMILES string of the molecule is Cc1ccccc1CN=C(NCC1CCN(C)C1)Nc1ccc2c(c1)OCCCO2. The molecule has 0 spiro atoms. The van der Waals surface area contributed by atoms with Crippen LogP contribution in [0.3, 0.4) is 0 Å². The van der Waals surface area contributed by atoms with Crippen LogP contribution in [0.25, 0.3) is 0 Å². The normalized spacial score (nSPS) is 19.4. The highest BCUT2D eigenvalue weighted by atomic mass is 16.5. The van der Waals surface area contributed by atoms with Gasteiger partial charge in [-0.05, 0) is 56.1 Å². The average Bonchev–Trinajstić information content (AvgIpc) is 3.02. The fourth-order valence-electron chi connectivity index (χ4n) is 3.90. The van der Waals surface area contributed by atoms with Crippen molar-refractivity contribution in [1.82, 2.24) is 10.2 Å². The molecule has 2 aromatic carbocycles. The number of rotatable bonds is 5. The first kappa shape index (κ1) is 20.5. The molecule has 2 N–H and O–H groups in total. The van der Waals surface area contributed by atoms with Crippen LogP contribution in [0.4, 0.5) is 5.69 Å². The summed E-state index contributed by atoms with van der Waals surface area (Å²) in [4.78, 5) is 7.25. The molecule has 1 saturated heterocycles. The van der Waals surface area contributed by atoms with Gasteiger partial charge < -0.3 is 25.0 Å². The highest BCUT2D eigenvalue weighted by molar-refractivity contribution is 5.94. The fourth-order valence-corrected chi connectivity index (χ4v) is 3.90. The first-order valence-corrected chi connectivity index (χ1v) is 10.9. The summed E-state index contributed by atoms with van der Waals surface area (Å²) >= 11 is 0. The molecule has 0 radical (unpaired) electrons. The zero-order valence-electron chi connectivity index (χ0n) is 18.0. The number of likely N-dealkylation sites (tertiary alicyclic amines) is 1. The van der Waals surface area contributed by atoms with Crippen molar-refractivity contribution in [2.24, 2.45) is 10.9 Å². The van der Waals surface area contributed by atoms with Crippen LogP contribution in [0.5, 0.6) is 11.5 Å². The van der Waals surface area contributed by atoms with E-state index in [-0.39, 0.29) is 0 Å². The third-order valence-electron chi connectivity index (χ3n) is 5.73. The van der Waals surface area contributed by atoms with E-state index in [0.29, 0.717) is 25.7 Å². The number of nitrogens with zero attached hydrogens (tertiary/aromatic N) is 2. The second kappa shape index (κ2) is 9.85. The number of aliphatic imine (C=N–C) groups is 1. The van der Waals surface area contributed by atoms with E-state index < -0.39 is 0 Å². The van der Waals surface area contributed by atoms with E-state index in [9.17, 15) is 0 Å². The van der Waals surface area contributed by atoms with Crippen LogP contribution in [0.2, 0.25) is 0 Å². The molecule has 0 aromatic heterocycles. The van der Waals surface area contributed by atoms with Gasteiger partial charge in [-0.2, -0.15) is 0 Å². The molecule has 2 heterocycles. The van der Waals surface area contributed by atoms with Gasteiger partial charge >= 0.3 is 0 Å². The molecule has 6 nitrogen and oxygen atoms in total. The number of nitrogens with one attached hydrogen (secondary N) is 2. The molecule has 0 bridgehead atoms. The lowest BCUT2D eigenvalue weighted by Crippen LogP contribution is -2.35.